The minimum absolute atomic E-state index is 0.0719. The molecular formula is C20H34N2O10S2+2. The molecule has 194 valence electrons. The van der Waals surface area contributed by atoms with Crippen molar-refractivity contribution in [2.24, 2.45) is 0 Å². The average molecular weight is 527 g/mol. The minimum atomic E-state index is -4.06. The molecule has 1 rings (SSSR count). The van der Waals surface area contributed by atoms with Crippen molar-refractivity contribution in [3.05, 3.63) is 23.3 Å². The van der Waals surface area contributed by atoms with Crippen LogP contribution in [0, 0.1) is 0 Å². The highest BCUT2D eigenvalue weighted by molar-refractivity contribution is 7.86. The highest BCUT2D eigenvalue weighted by Crippen LogP contribution is 2.28. The van der Waals surface area contributed by atoms with Crippen molar-refractivity contribution in [1.82, 2.24) is 0 Å². The fraction of sp³-hybridized carbons (Fsp3) is 0.600. The molecule has 0 aromatic heterocycles. The summed E-state index contributed by atoms with van der Waals surface area (Å²) in [6, 6.07) is 2.76. The van der Waals surface area contributed by atoms with Crippen molar-refractivity contribution in [2.75, 3.05) is 66.2 Å². The molecule has 1 aromatic rings. The van der Waals surface area contributed by atoms with Gasteiger partial charge in [-0.05, 0) is 12.1 Å². The third-order valence-corrected chi connectivity index (χ3v) is 6.48. The number of quaternary nitrogens is 2. The van der Waals surface area contributed by atoms with Gasteiger partial charge in [0.05, 0.1) is 63.9 Å². The first-order valence-corrected chi connectivity index (χ1v) is 13.6. The molecule has 0 aliphatic carbocycles. The first-order chi connectivity index (χ1) is 15.5. The zero-order valence-corrected chi connectivity index (χ0v) is 21.5. The Kier molecular flexibility index (Phi) is 10.6. The van der Waals surface area contributed by atoms with Crippen LogP contribution in [0.15, 0.2) is 12.1 Å². The van der Waals surface area contributed by atoms with Crippen LogP contribution in [0.25, 0.3) is 0 Å². The number of carbonyl (C=O) groups excluding carboxylic acids is 2. The summed E-state index contributed by atoms with van der Waals surface area (Å²) in [5, 5.41) is 0. The normalized spacial score (nSPS) is 12.9. The summed E-state index contributed by atoms with van der Waals surface area (Å²) in [5.74, 6) is -0.430. The second kappa shape index (κ2) is 12.0. The van der Waals surface area contributed by atoms with Gasteiger partial charge in [-0.15, -0.1) is 0 Å². The van der Waals surface area contributed by atoms with E-state index in [0.717, 1.165) is 0 Å². The van der Waals surface area contributed by atoms with Gasteiger partial charge in [0.25, 0.3) is 20.2 Å². The third kappa shape index (κ3) is 11.9. The molecule has 1 aromatic carbocycles. The van der Waals surface area contributed by atoms with E-state index in [-0.39, 0.29) is 69.4 Å². The Hall–Kier alpha value is -2.10. The standard InChI is InChI=1S/C20H32N2O10S2/c1-21(2,7-5-9-33(25,26)27)15-31-19-11-18(14-24)20(12-17(19)13-23)32-16-22(3,4)8-6-10-34(28,29)30/h11-14H,5-10,15-16H2,1-4H3/p+2. The summed E-state index contributed by atoms with van der Waals surface area (Å²) in [5.41, 5.74) is 0.297. The van der Waals surface area contributed by atoms with E-state index in [0.29, 0.717) is 25.7 Å². The topological polar surface area (TPSA) is 161 Å². The molecule has 0 amide bonds. The second-order valence-electron chi connectivity index (χ2n) is 9.31. The molecule has 0 bridgehead atoms. The molecule has 0 saturated heterocycles. The molecule has 14 heteroatoms. The van der Waals surface area contributed by atoms with Crippen LogP contribution in [0.4, 0.5) is 0 Å². The van der Waals surface area contributed by atoms with Gasteiger partial charge in [-0.1, -0.05) is 0 Å². The molecule has 0 atom stereocenters. The average Bonchev–Trinajstić information content (AvgIpc) is 2.68. The lowest BCUT2D eigenvalue weighted by molar-refractivity contribution is -0.905. The van der Waals surface area contributed by atoms with Gasteiger partial charge in [0.1, 0.15) is 11.5 Å². The number of nitrogens with zero attached hydrogens (tertiary/aromatic N) is 2. The molecule has 0 radical (unpaired) electrons. The van der Waals surface area contributed by atoms with E-state index in [2.05, 4.69) is 0 Å². The summed E-state index contributed by atoms with van der Waals surface area (Å²) in [4.78, 5) is 23.2. The maximum atomic E-state index is 11.6. The van der Waals surface area contributed by atoms with Crippen LogP contribution < -0.4 is 9.47 Å². The number of hydrogen-bond donors (Lipinski definition) is 2. The Morgan fingerprint density at radius 2 is 1.06 bits per heavy atom. The van der Waals surface area contributed by atoms with Crippen molar-refractivity contribution in [1.29, 1.82) is 0 Å². The summed E-state index contributed by atoms with van der Waals surface area (Å²) in [6.07, 6.45) is 1.53. The first-order valence-electron chi connectivity index (χ1n) is 10.4. The molecule has 0 heterocycles. The zero-order valence-electron chi connectivity index (χ0n) is 19.8. The molecule has 34 heavy (non-hydrogen) atoms. The fourth-order valence-electron chi connectivity index (χ4n) is 2.99. The number of carbonyl (C=O) groups is 2. The second-order valence-corrected chi connectivity index (χ2v) is 12.5. The van der Waals surface area contributed by atoms with Crippen LogP contribution in [0.3, 0.4) is 0 Å². The lowest BCUT2D eigenvalue weighted by Gasteiger charge is -2.30. The van der Waals surface area contributed by atoms with Gasteiger partial charge in [-0.25, -0.2) is 0 Å². The van der Waals surface area contributed by atoms with Crippen molar-refractivity contribution < 1.29 is 54.0 Å². The zero-order chi connectivity index (χ0) is 26.2. The lowest BCUT2D eigenvalue weighted by atomic mass is 10.1. The molecule has 0 spiro atoms. The number of hydrogen-bond acceptors (Lipinski definition) is 8. The van der Waals surface area contributed by atoms with Crippen LogP contribution in [0.5, 0.6) is 11.5 Å². The van der Waals surface area contributed by atoms with Gasteiger partial charge in [0.15, 0.2) is 12.6 Å². The first kappa shape index (κ1) is 29.9. The predicted octanol–water partition coefficient (Wildman–Crippen LogP) is 0.693. The van der Waals surface area contributed by atoms with E-state index >= 15 is 0 Å². The SMILES string of the molecule is C[N+](C)(CCCS(=O)(=O)O)COc1cc(C=O)c(OC[N+](C)(C)CCCS(=O)(=O)O)cc1C=O. The Morgan fingerprint density at radius 3 is 1.32 bits per heavy atom. The van der Waals surface area contributed by atoms with Crippen LogP contribution >= 0.6 is 0 Å². The monoisotopic (exact) mass is 526 g/mol. The van der Waals surface area contributed by atoms with E-state index in [1.165, 1.54) is 12.1 Å². The Bertz CT molecular complexity index is 981. The number of rotatable bonds is 16. The van der Waals surface area contributed by atoms with Crippen LogP contribution in [-0.2, 0) is 20.2 Å². The number of ether oxygens (including phenoxy) is 2. The number of benzene rings is 1. The van der Waals surface area contributed by atoms with E-state index in [4.69, 9.17) is 18.6 Å². The summed E-state index contributed by atoms with van der Waals surface area (Å²) in [7, 11) is -0.981. The van der Waals surface area contributed by atoms with E-state index < -0.39 is 20.2 Å². The van der Waals surface area contributed by atoms with E-state index in [9.17, 15) is 26.4 Å². The van der Waals surface area contributed by atoms with Gasteiger partial charge in [-0.3, -0.25) is 27.7 Å². The van der Waals surface area contributed by atoms with E-state index in [1.807, 2.05) is 0 Å². The Labute approximate surface area is 200 Å². The molecule has 0 aliphatic rings. The predicted molar refractivity (Wildman–Crippen MR) is 124 cm³/mol. The van der Waals surface area contributed by atoms with Crippen molar-refractivity contribution in [3.8, 4) is 11.5 Å². The summed E-state index contributed by atoms with van der Waals surface area (Å²) >= 11 is 0. The summed E-state index contributed by atoms with van der Waals surface area (Å²) < 4.78 is 73.2. The van der Waals surface area contributed by atoms with Gasteiger partial charge < -0.3 is 9.47 Å². The highest BCUT2D eigenvalue weighted by atomic mass is 32.2. The fourth-order valence-corrected chi connectivity index (χ4v) is 3.98. The maximum Gasteiger partial charge on any atom is 0.265 e. The van der Waals surface area contributed by atoms with Gasteiger partial charge >= 0.3 is 0 Å². The van der Waals surface area contributed by atoms with Crippen LogP contribution in [-0.4, -0.2) is 114 Å². The van der Waals surface area contributed by atoms with E-state index in [1.54, 1.807) is 28.2 Å². The smallest absolute Gasteiger partial charge is 0.265 e. The minimum Gasteiger partial charge on any atom is -0.445 e. The molecule has 12 nitrogen and oxygen atoms in total. The van der Waals surface area contributed by atoms with Crippen molar-refractivity contribution >= 4 is 32.8 Å². The third-order valence-electron chi connectivity index (χ3n) is 4.87. The molecule has 0 aliphatic heterocycles. The maximum absolute atomic E-state index is 11.6. The van der Waals surface area contributed by atoms with Gasteiger partial charge in [0.2, 0.25) is 13.5 Å². The van der Waals surface area contributed by atoms with Crippen molar-refractivity contribution in [2.45, 2.75) is 12.8 Å². The van der Waals surface area contributed by atoms with Crippen LogP contribution in [0.1, 0.15) is 33.6 Å². The Morgan fingerprint density at radius 1 is 0.735 bits per heavy atom. The quantitative estimate of drug-likeness (QED) is 0.136. The molecule has 0 fully saturated rings. The highest BCUT2D eigenvalue weighted by Gasteiger charge is 2.22. The number of aldehydes is 2. The summed E-state index contributed by atoms with van der Waals surface area (Å²) in [6.45, 7) is 0.899. The van der Waals surface area contributed by atoms with Crippen molar-refractivity contribution in [3.63, 3.8) is 0 Å². The van der Waals surface area contributed by atoms with Gasteiger partial charge in [-0.2, -0.15) is 16.8 Å². The van der Waals surface area contributed by atoms with Crippen LogP contribution in [0.2, 0.25) is 0 Å². The lowest BCUT2D eigenvalue weighted by Crippen LogP contribution is -2.44. The molecule has 0 saturated carbocycles. The Balaban J connectivity index is 2.87. The molecule has 2 N–H and O–H groups in total. The van der Waals surface area contributed by atoms with Gasteiger partial charge in [0, 0.05) is 12.8 Å². The largest absolute Gasteiger partial charge is 0.445 e. The molecule has 0 unspecified atom stereocenters. The molecular weight excluding hydrogens is 492 g/mol.